The summed E-state index contributed by atoms with van der Waals surface area (Å²) >= 11 is 0. The van der Waals surface area contributed by atoms with E-state index in [0.29, 0.717) is 0 Å². The zero-order chi connectivity index (χ0) is 22.5. The van der Waals surface area contributed by atoms with E-state index in [-0.39, 0.29) is 20.1 Å². The maximum atomic E-state index is 4.74. The smallest absolute Gasteiger partial charge is 0.0603 e. The molecule has 4 aromatic carbocycles. The minimum Gasteiger partial charge on any atom is -0.351 e. The first-order valence-corrected chi connectivity index (χ1v) is 11.2. The van der Waals surface area contributed by atoms with Crippen molar-refractivity contribution in [3.05, 3.63) is 114 Å². The van der Waals surface area contributed by atoms with Crippen LogP contribution in [-0.2, 0) is 20.1 Å². The Kier molecular flexibility index (Phi) is 5.73. The fraction of sp³-hybridized carbons (Fsp3) is 0.100. The molecule has 0 saturated carbocycles. The minimum absolute atomic E-state index is 0. The molecule has 2 aromatic heterocycles. The molecule has 0 spiro atoms. The van der Waals surface area contributed by atoms with Crippen LogP contribution in [0.25, 0.3) is 44.6 Å². The van der Waals surface area contributed by atoms with Gasteiger partial charge in [0.15, 0.2) is 0 Å². The fourth-order valence-electron chi connectivity index (χ4n) is 5.13. The average Bonchev–Trinajstić information content (AvgIpc) is 3.41. The molecule has 3 nitrogen and oxygen atoms in total. The second-order valence-electron chi connectivity index (χ2n) is 8.70. The molecule has 4 heteroatoms. The van der Waals surface area contributed by atoms with Gasteiger partial charge in [0, 0.05) is 49.4 Å². The van der Waals surface area contributed by atoms with Crippen LogP contribution in [0, 0.1) is 26.8 Å². The molecular weight excluding hydrogens is 595 g/mol. The van der Waals surface area contributed by atoms with Crippen LogP contribution in [0.5, 0.6) is 0 Å². The topological polar surface area (TPSA) is 22.8 Å². The van der Waals surface area contributed by atoms with Gasteiger partial charge in [-0.1, -0.05) is 59.5 Å². The van der Waals surface area contributed by atoms with Crippen LogP contribution in [0.1, 0.15) is 16.7 Å². The van der Waals surface area contributed by atoms with E-state index in [4.69, 9.17) is 4.98 Å². The number of para-hydroxylation sites is 2. The summed E-state index contributed by atoms with van der Waals surface area (Å²) in [5.74, 6) is 0.906. The van der Waals surface area contributed by atoms with Crippen molar-refractivity contribution in [2.24, 2.45) is 0 Å². The number of hydrogen-bond acceptors (Lipinski definition) is 1. The zero-order valence-electron chi connectivity index (χ0n) is 19.3. The van der Waals surface area contributed by atoms with Gasteiger partial charge in [0.05, 0.1) is 5.82 Å². The van der Waals surface area contributed by atoms with Gasteiger partial charge in [0.25, 0.3) is 0 Å². The predicted octanol–water partition coefficient (Wildman–Crippen LogP) is 7.36. The first kappa shape index (κ1) is 22.3. The van der Waals surface area contributed by atoms with Gasteiger partial charge in [0.1, 0.15) is 0 Å². The van der Waals surface area contributed by atoms with Crippen LogP contribution in [0.3, 0.4) is 0 Å². The molecule has 34 heavy (non-hydrogen) atoms. The SMILES string of the molecule is Cc1cc(C)c(-n2ccnc2-c2[c-]cc3c(c2)c2ccccc2n3-c2ccccc2)c(C)c1.[Ir]. The number of hydrogen-bond donors (Lipinski definition) is 0. The van der Waals surface area contributed by atoms with Crippen molar-refractivity contribution >= 4 is 21.8 Å². The fourth-order valence-corrected chi connectivity index (χ4v) is 5.13. The van der Waals surface area contributed by atoms with Crippen molar-refractivity contribution in [2.75, 3.05) is 0 Å². The third-order valence-corrected chi connectivity index (χ3v) is 6.38. The number of rotatable bonds is 3. The second kappa shape index (κ2) is 8.72. The molecule has 0 amide bonds. The monoisotopic (exact) mass is 619 g/mol. The molecule has 0 aliphatic heterocycles. The molecular formula is C30H24IrN3-. The van der Waals surface area contributed by atoms with Gasteiger partial charge in [-0.3, -0.25) is 4.98 Å². The van der Waals surface area contributed by atoms with E-state index in [1.807, 2.05) is 12.4 Å². The Hall–Kier alpha value is -3.46. The average molecular weight is 619 g/mol. The summed E-state index contributed by atoms with van der Waals surface area (Å²) in [6.45, 7) is 6.47. The Morgan fingerprint density at radius 1 is 0.765 bits per heavy atom. The summed E-state index contributed by atoms with van der Waals surface area (Å²) in [5, 5.41) is 2.43. The summed E-state index contributed by atoms with van der Waals surface area (Å²) in [6.07, 6.45) is 3.92. The molecule has 0 unspecified atom stereocenters. The molecule has 0 aliphatic rings. The molecule has 6 rings (SSSR count). The van der Waals surface area contributed by atoms with E-state index in [1.54, 1.807) is 0 Å². The van der Waals surface area contributed by atoms with Crippen molar-refractivity contribution in [1.29, 1.82) is 0 Å². The van der Waals surface area contributed by atoms with Crippen LogP contribution >= 0.6 is 0 Å². The molecule has 0 bridgehead atoms. The molecule has 0 N–H and O–H groups in total. The summed E-state index contributed by atoms with van der Waals surface area (Å²) < 4.78 is 4.50. The number of aryl methyl sites for hydroxylation is 3. The van der Waals surface area contributed by atoms with Crippen molar-refractivity contribution in [3.63, 3.8) is 0 Å². The van der Waals surface area contributed by atoms with Gasteiger partial charge in [-0.15, -0.1) is 23.8 Å². The van der Waals surface area contributed by atoms with E-state index < -0.39 is 0 Å². The van der Waals surface area contributed by atoms with E-state index in [1.165, 1.54) is 38.7 Å². The third kappa shape index (κ3) is 3.51. The second-order valence-corrected chi connectivity index (χ2v) is 8.70. The maximum Gasteiger partial charge on any atom is 0.0603 e. The Labute approximate surface area is 213 Å². The summed E-state index contributed by atoms with van der Waals surface area (Å²) in [7, 11) is 0. The van der Waals surface area contributed by atoms with Crippen LogP contribution in [0.2, 0.25) is 0 Å². The Morgan fingerprint density at radius 2 is 1.47 bits per heavy atom. The number of aromatic nitrogens is 3. The third-order valence-electron chi connectivity index (χ3n) is 6.38. The van der Waals surface area contributed by atoms with E-state index >= 15 is 0 Å². The van der Waals surface area contributed by atoms with Gasteiger partial charge in [-0.05, 0) is 61.0 Å². The van der Waals surface area contributed by atoms with Crippen LogP contribution in [0.4, 0.5) is 0 Å². The molecule has 6 aromatic rings. The Balaban J connectivity index is 0.00000241. The Bertz CT molecular complexity index is 1620. The number of fused-ring (bicyclic) bond motifs is 3. The standard InChI is InChI=1S/C30H24N3.Ir/c1-20-17-21(2)29(22(3)18-20)32-16-15-31-30(32)23-13-14-28-26(19-23)25-11-7-8-12-27(25)33(28)24-9-5-4-6-10-24;/h4-12,14-19H,1-3H3;/q-1;. The number of benzene rings is 4. The first-order chi connectivity index (χ1) is 16.1. The van der Waals surface area contributed by atoms with Gasteiger partial charge >= 0.3 is 0 Å². The maximum absolute atomic E-state index is 4.74. The molecule has 0 fully saturated rings. The van der Waals surface area contributed by atoms with Crippen molar-refractivity contribution in [1.82, 2.24) is 14.1 Å². The molecule has 0 atom stereocenters. The summed E-state index contributed by atoms with van der Waals surface area (Å²) in [5.41, 5.74) is 9.43. The zero-order valence-corrected chi connectivity index (χ0v) is 21.7. The van der Waals surface area contributed by atoms with Gasteiger partial charge in [0.2, 0.25) is 0 Å². The summed E-state index contributed by atoms with van der Waals surface area (Å²) in [6, 6.07) is 31.4. The van der Waals surface area contributed by atoms with E-state index in [9.17, 15) is 0 Å². The molecule has 1 radical (unpaired) electrons. The minimum atomic E-state index is 0. The van der Waals surface area contributed by atoms with Crippen LogP contribution < -0.4 is 0 Å². The van der Waals surface area contributed by atoms with Crippen LogP contribution in [0.15, 0.2) is 91.3 Å². The molecule has 169 valence electrons. The molecule has 0 aliphatic carbocycles. The van der Waals surface area contributed by atoms with Gasteiger partial charge in [-0.25, -0.2) is 0 Å². The summed E-state index contributed by atoms with van der Waals surface area (Å²) in [4.78, 5) is 4.74. The van der Waals surface area contributed by atoms with Crippen molar-refractivity contribution < 1.29 is 20.1 Å². The first-order valence-electron chi connectivity index (χ1n) is 11.2. The van der Waals surface area contributed by atoms with Crippen LogP contribution in [-0.4, -0.2) is 14.1 Å². The van der Waals surface area contributed by atoms with Crippen molar-refractivity contribution in [3.8, 4) is 22.8 Å². The quantitative estimate of drug-likeness (QED) is 0.190. The van der Waals surface area contributed by atoms with E-state index in [2.05, 4.69) is 115 Å². The Morgan fingerprint density at radius 3 is 2.24 bits per heavy atom. The predicted molar refractivity (Wildman–Crippen MR) is 136 cm³/mol. The largest absolute Gasteiger partial charge is 0.351 e. The van der Waals surface area contributed by atoms with E-state index in [0.717, 1.165) is 22.6 Å². The van der Waals surface area contributed by atoms with Crippen molar-refractivity contribution in [2.45, 2.75) is 20.8 Å². The molecule has 0 saturated heterocycles. The van der Waals surface area contributed by atoms with Gasteiger partial charge in [-0.2, -0.15) is 0 Å². The van der Waals surface area contributed by atoms with Gasteiger partial charge < -0.3 is 9.13 Å². The number of nitrogens with zero attached hydrogens (tertiary/aromatic N) is 3. The normalized spacial score (nSPS) is 11.1. The number of imidazole rings is 1. The molecule has 2 heterocycles.